The highest BCUT2D eigenvalue weighted by Crippen LogP contribution is 2.43. The van der Waals surface area contributed by atoms with Crippen molar-refractivity contribution < 1.29 is 22.3 Å². The Kier molecular flexibility index (Phi) is 5.86. The largest absolute Gasteiger partial charge is 0.444 e. The number of hydrogen-bond acceptors (Lipinski definition) is 8. The van der Waals surface area contributed by atoms with Crippen molar-refractivity contribution in [3.8, 4) is 0 Å². The zero-order valence-electron chi connectivity index (χ0n) is 20.2. The van der Waals surface area contributed by atoms with E-state index < -0.39 is 26.4 Å². The zero-order valence-corrected chi connectivity index (χ0v) is 21.8. The lowest BCUT2D eigenvalue weighted by atomic mass is 9.93. The van der Waals surface area contributed by atoms with Crippen LogP contribution in [0.3, 0.4) is 0 Å². The Labute approximate surface area is 208 Å². The standard InChI is InChI=1S/C23H29ClFN5O4S/c1-5-35(32,33)21-27-18-16-13(26-19(24)17(18)25)7-6-8-14-15-10-9-12(11-29(14)20(16)28-21)30(15)22(31)34-23(2,3)4/h12,14-15H,5-11H2,1-4H3/t12?,14-,15+/m1/s1. The number of piperazine rings is 1. The molecule has 5 heterocycles. The number of halogens is 2. The van der Waals surface area contributed by atoms with E-state index in [2.05, 4.69) is 15.0 Å². The van der Waals surface area contributed by atoms with Crippen LogP contribution in [0.5, 0.6) is 0 Å². The molecule has 190 valence electrons. The highest BCUT2D eigenvalue weighted by atomic mass is 35.5. The first-order valence-electron chi connectivity index (χ1n) is 12.0. The Morgan fingerprint density at radius 2 is 1.91 bits per heavy atom. The molecule has 9 nitrogen and oxygen atoms in total. The maximum absolute atomic E-state index is 15.2. The summed E-state index contributed by atoms with van der Waals surface area (Å²) in [5.41, 5.74) is -0.181. The third kappa shape index (κ3) is 4.10. The molecule has 2 fully saturated rings. The second-order valence-corrected chi connectivity index (χ2v) is 12.9. The monoisotopic (exact) mass is 525 g/mol. The average molecular weight is 526 g/mol. The van der Waals surface area contributed by atoms with Crippen LogP contribution in [-0.2, 0) is 21.0 Å². The number of fused-ring (bicyclic) bond motifs is 5. The molecule has 0 radical (unpaired) electrons. The molecule has 2 aromatic rings. The van der Waals surface area contributed by atoms with Gasteiger partial charge in [0.2, 0.25) is 15.0 Å². The molecule has 2 aromatic heterocycles. The van der Waals surface area contributed by atoms with Gasteiger partial charge in [0.25, 0.3) is 0 Å². The number of ether oxygens (including phenoxy) is 1. The smallest absolute Gasteiger partial charge is 0.410 e. The lowest BCUT2D eigenvalue weighted by Gasteiger charge is -2.48. The summed E-state index contributed by atoms with van der Waals surface area (Å²) in [4.78, 5) is 29.9. The van der Waals surface area contributed by atoms with Gasteiger partial charge in [-0.25, -0.2) is 32.6 Å². The summed E-state index contributed by atoms with van der Waals surface area (Å²) in [7, 11) is -3.82. The molecule has 0 saturated carbocycles. The van der Waals surface area contributed by atoms with Crippen molar-refractivity contribution >= 4 is 44.3 Å². The molecule has 0 aromatic carbocycles. The highest BCUT2D eigenvalue weighted by Gasteiger charge is 2.50. The molecule has 35 heavy (non-hydrogen) atoms. The summed E-state index contributed by atoms with van der Waals surface area (Å²) in [5, 5.41) is -0.350. The van der Waals surface area contributed by atoms with Crippen LogP contribution in [0.1, 0.15) is 59.1 Å². The third-order valence-electron chi connectivity index (χ3n) is 7.03. The molecular formula is C23H29ClFN5O4S. The summed E-state index contributed by atoms with van der Waals surface area (Å²) in [6.07, 6.45) is 3.25. The number of hydrogen-bond donors (Lipinski definition) is 0. The summed E-state index contributed by atoms with van der Waals surface area (Å²) in [5.74, 6) is -0.716. The fourth-order valence-electron chi connectivity index (χ4n) is 5.54. The van der Waals surface area contributed by atoms with Crippen LogP contribution in [0, 0.1) is 5.82 Å². The van der Waals surface area contributed by atoms with Gasteiger partial charge in [-0.2, -0.15) is 0 Å². The van der Waals surface area contributed by atoms with Crippen molar-refractivity contribution in [3.05, 3.63) is 16.7 Å². The minimum Gasteiger partial charge on any atom is -0.444 e. The van der Waals surface area contributed by atoms with E-state index in [1.165, 1.54) is 6.92 Å². The minimum absolute atomic E-state index is 0.119. The average Bonchev–Trinajstić information content (AvgIpc) is 3.10. The third-order valence-corrected chi connectivity index (χ3v) is 8.78. The van der Waals surface area contributed by atoms with Crippen LogP contribution in [0.2, 0.25) is 5.15 Å². The van der Waals surface area contributed by atoms with Crippen molar-refractivity contribution in [1.29, 1.82) is 0 Å². The minimum atomic E-state index is -3.82. The number of sulfone groups is 1. The maximum atomic E-state index is 15.2. The number of amides is 1. The predicted octanol–water partition coefficient (Wildman–Crippen LogP) is 3.90. The van der Waals surface area contributed by atoms with E-state index in [-0.39, 0.29) is 40.6 Å². The topological polar surface area (TPSA) is 106 Å². The molecule has 3 aliphatic rings. The van der Waals surface area contributed by atoms with E-state index in [4.69, 9.17) is 16.3 Å². The zero-order chi connectivity index (χ0) is 25.3. The molecule has 2 bridgehead atoms. The predicted molar refractivity (Wildman–Crippen MR) is 129 cm³/mol. The van der Waals surface area contributed by atoms with Crippen LogP contribution < -0.4 is 4.90 Å². The van der Waals surface area contributed by atoms with Crippen LogP contribution in [0.25, 0.3) is 10.9 Å². The number of rotatable bonds is 2. The molecule has 0 aliphatic carbocycles. The SMILES string of the molecule is CCS(=O)(=O)c1nc2c3c(nc(Cl)c(F)c3n1)CCC[C@@H]1[C@@H]3CCC(CN21)N3C(=O)OC(C)(C)C. The van der Waals surface area contributed by atoms with Gasteiger partial charge in [-0.1, -0.05) is 18.5 Å². The first-order valence-corrected chi connectivity index (χ1v) is 14.0. The van der Waals surface area contributed by atoms with Crippen molar-refractivity contribution in [2.24, 2.45) is 0 Å². The molecule has 1 amide bonds. The highest BCUT2D eigenvalue weighted by molar-refractivity contribution is 7.91. The molecular weight excluding hydrogens is 497 g/mol. The van der Waals surface area contributed by atoms with Gasteiger partial charge >= 0.3 is 6.09 Å². The van der Waals surface area contributed by atoms with Crippen LogP contribution >= 0.6 is 11.6 Å². The first kappa shape index (κ1) is 24.4. The Morgan fingerprint density at radius 1 is 1.17 bits per heavy atom. The second-order valence-electron chi connectivity index (χ2n) is 10.4. The Balaban J connectivity index is 1.67. The lowest BCUT2D eigenvalue weighted by molar-refractivity contribution is 0.00701. The van der Waals surface area contributed by atoms with E-state index in [1.54, 1.807) is 0 Å². The molecule has 5 rings (SSSR count). The van der Waals surface area contributed by atoms with Gasteiger partial charge in [0.05, 0.1) is 35.0 Å². The molecule has 3 aliphatic heterocycles. The van der Waals surface area contributed by atoms with Gasteiger partial charge in [0.15, 0.2) is 11.0 Å². The van der Waals surface area contributed by atoms with Crippen LogP contribution in [0.15, 0.2) is 5.16 Å². The van der Waals surface area contributed by atoms with Crippen molar-refractivity contribution in [1.82, 2.24) is 19.9 Å². The number of carbonyl (C=O) groups is 1. The van der Waals surface area contributed by atoms with E-state index in [9.17, 15) is 13.2 Å². The normalized spacial score (nSPS) is 24.2. The second kappa shape index (κ2) is 8.40. The Bertz CT molecular complexity index is 1320. The van der Waals surface area contributed by atoms with E-state index in [0.717, 1.165) is 25.7 Å². The summed E-state index contributed by atoms with van der Waals surface area (Å²) in [6, 6.07) is -0.370. The van der Waals surface area contributed by atoms with Crippen LogP contribution in [0.4, 0.5) is 15.0 Å². The van der Waals surface area contributed by atoms with E-state index in [0.29, 0.717) is 29.9 Å². The lowest BCUT2D eigenvalue weighted by Crippen LogP contribution is -2.62. The summed E-state index contributed by atoms with van der Waals surface area (Å²) >= 11 is 6.08. The molecule has 0 spiro atoms. The fraction of sp³-hybridized carbons (Fsp3) is 0.652. The number of carbonyl (C=O) groups excluding carboxylic acids is 1. The summed E-state index contributed by atoms with van der Waals surface area (Å²) in [6.45, 7) is 7.46. The molecule has 3 atom stereocenters. The Hall–Kier alpha value is -2.27. The van der Waals surface area contributed by atoms with Crippen LogP contribution in [-0.4, -0.2) is 70.4 Å². The van der Waals surface area contributed by atoms with Gasteiger partial charge in [-0.3, -0.25) is 4.90 Å². The van der Waals surface area contributed by atoms with Gasteiger partial charge in [-0.15, -0.1) is 0 Å². The van der Waals surface area contributed by atoms with Crippen molar-refractivity contribution in [2.75, 3.05) is 17.2 Å². The number of anilines is 1. The molecule has 12 heteroatoms. The van der Waals surface area contributed by atoms with Crippen molar-refractivity contribution in [3.63, 3.8) is 0 Å². The van der Waals surface area contributed by atoms with Gasteiger partial charge in [0, 0.05) is 6.54 Å². The fourth-order valence-corrected chi connectivity index (χ4v) is 6.45. The number of pyridine rings is 1. The molecule has 0 N–H and O–H groups in total. The maximum Gasteiger partial charge on any atom is 0.410 e. The van der Waals surface area contributed by atoms with Crippen molar-refractivity contribution in [2.45, 2.75) is 88.7 Å². The number of aromatic nitrogens is 3. The molecule has 1 unspecified atom stereocenters. The Morgan fingerprint density at radius 3 is 2.60 bits per heavy atom. The number of aryl methyl sites for hydroxylation is 1. The van der Waals surface area contributed by atoms with Gasteiger partial charge in [0.1, 0.15) is 16.9 Å². The van der Waals surface area contributed by atoms with E-state index in [1.807, 2.05) is 30.6 Å². The van der Waals surface area contributed by atoms with Gasteiger partial charge < -0.3 is 9.64 Å². The van der Waals surface area contributed by atoms with E-state index >= 15 is 4.39 Å². The molecule has 2 saturated heterocycles. The van der Waals surface area contributed by atoms with Gasteiger partial charge in [-0.05, 0) is 52.9 Å². The number of nitrogens with zero attached hydrogens (tertiary/aromatic N) is 5. The summed E-state index contributed by atoms with van der Waals surface area (Å²) < 4.78 is 46.4. The quantitative estimate of drug-likeness (QED) is 0.429. The first-order chi connectivity index (χ1) is 16.4.